The highest BCUT2D eigenvalue weighted by atomic mass is 35.5. The minimum atomic E-state index is -0.430. The Bertz CT molecular complexity index is 821. The Morgan fingerprint density at radius 1 is 1.22 bits per heavy atom. The van der Waals surface area contributed by atoms with E-state index in [4.69, 9.17) is 11.6 Å². The fourth-order valence-electron chi connectivity index (χ4n) is 3.12. The van der Waals surface area contributed by atoms with Gasteiger partial charge in [0, 0.05) is 24.5 Å². The molecule has 1 N–H and O–H groups in total. The monoisotopic (exact) mass is 388 g/mol. The number of benzene rings is 2. The smallest absolute Gasteiger partial charge is 0.225 e. The molecule has 142 valence electrons. The molecule has 0 saturated heterocycles. The SMILES string of the molecule is CC(=O)NC(CC(=O)N(Cc1cccc(F)c1)C1CC1)c1ccc(Cl)cc1. The second-order valence-electron chi connectivity index (χ2n) is 6.89. The molecule has 1 saturated carbocycles. The Hall–Kier alpha value is -2.40. The maximum atomic E-state index is 13.5. The molecule has 27 heavy (non-hydrogen) atoms. The van der Waals surface area contributed by atoms with Gasteiger partial charge >= 0.3 is 0 Å². The summed E-state index contributed by atoms with van der Waals surface area (Å²) in [6.45, 7) is 1.80. The van der Waals surface area contributed by atoms with E-state index in [0.717, 1.165) is 24.0 Å². The highest BCUT2D eigenvalue weighted by Crippen LogP contribution is 2.30. The van der Waals surface area contributed by atoms with E-state index in [-0.39, 0.29) is 30.1 Å². The Morgan fingerprint density at radius 2 is 1.93 bits per heavy atom. The van der Waals surface area contributed by atoms with Crippen LogP contribution in [-0.2, 0) is 16.1 Å². The Balaban J connectivity index is 1.75. The summed E-state index contributed by atoms with van der Waals surface area (Å²) in [6.07, 6.45) is 2.05. The zero-order chi connectivity index (χ0) is 19.4. The van der Waals surface area contributed by atoms with Crippen molar-refractivity contribution in [1.29, 1.82) is 0 Å². The average molecular weight is 389 g/mol. The van der Waals surface area contributed by atoms with E-state index >= 15 is 0 Å². The number of rotatable bonds is 7. The fourth-order valence-corrected chi connectivity index (χ4v) is 3.25. The van der Waals surface area contributed by atoms with E-state index < -0.39 is 6.04 Å². The fraction of sp³-hybridized carbons (Fsp3) is 0.333. The Labute approximate surface area is 163 Å². The first-order valence-electron chi connectivity index (χ1n) is 8.99. The Morgan fingerprint density at radius 3 is 2.52 bits per heavy atom. The summed E-state index contributed by atoms with van der Waals surface area (Å²) in [5, 5.41) is 3.44. The molecule has 1 fully saturated rings. The molecule has 0 spiro atoms. The molecule has 0 aromatic heterocycles. The summed E-state index contributed by atoms with van der Waals surface area (Å²) in [4.78, 5) is 26.4. The van der Waals surface area contributed by atoms with Crippen LogP contribution in [0.15, 0.2) is 48.5 Å². The molecular formula is C21H22ClFN2O2. The number of hydrogen-bond acceptors (Lipinski definition) is 2. The van der Waals surface area contributed by atoms with E-state index in [1.165, 1.54) is 19.1 Å². The van der Waals surface area contributed by atoms with E-state index in [9.17, 15) is 14.0 Å². The first-order valence-corrected chi connectivity index (χ1v) is 9.36. The number of halogens is 2. The first kappa shape index (κ1) is 19.4. The maximum absolute atomic E-state index is 13.5. The van der Waals surface area contributed by atoms with Crippen molar-refractivity contribution in [2.24, 2.45) is 0 Å². The van der Waals surface area contributed by atoms with Crippen LogP contribution in [-0.4, -0.2) is 22.8 Å². The second-order valence-corrected chi connectivity index (χ2v) is 7.33. The largest absolute Gasteiger partial charge is 0.349 e. The summed E-state index contributed by atoms with van der Waals surface area (Å²) in [5.74, 6) is -0.575. The zero-order valence-corrected chi connectivity index (χ0v) is 15.9. The summed E-state index contributed by atoms with van der Waals surface area (Å²) in [6, 6.07) is 13.2. The van der Waals surface area contributed by atoms with Gasteiger partial charge in [0.05, 0.1) is 12.5 Å². The molecule has 6 heteroatoms. The minimum absolute atomic E-state index is 0.0598. The third kappa shape index (κ3) is 5.54. The molecule has 0 bridgehead atoms. The number of carbonyl (C=O) groups excluding carboxylic acids is 2. The van der Waals surface area contributed by atoms with E-state index in [2.05, 4.69) is 5.32 Å². The van der Waals surface area contributed by atoms with Crippen LogP contribution in [0.2, 0.25) is 5.02 Å². The predicted octanol–water partition coefficient (Wildman–Crippen LogP) is 4.24. The van der Waals surface area contributed by atoms with Crippen LogP contribution in [0, 0.1) is 5.82 Å². The molecule has 0 radical (unpaired) electrons. The van der Waals surface area contributed by atoms with Gasteiger partial charge in [0.2, 0.25) is 11.8 Å². The van der Waals surface area contributed by atoms with Crippen LogP contribution in [0.4, 0.5) is 4.39 Å². The van der Waals surface area contributed by atoms with Crippen molar-refractivity contribution in [1.82, 2.24) is 10.2 Å². The van der Waals surface area contributed by atoms with Gasteiger partial charge in [-0.1, -0.05) is 35.9 Å². The summed E-state index contributed by atoms with van der Waals surface area (Å²) >= 11 is 5.94. The topological polar surface area (TPSA) is 49.4 Å². The van der Waals surface area contributed by atoms with Crippen molar-refractivity contribution in [3.8, 4) is 0 Å². The quantitative estimate of drug-likeness (QED) is 0.771. The molecule has 2 aromatic carbocycles. The molecule has 3 rings (SSSR count). The zero-order valence-electron chi connectivity index (χ0n) is 15.1. The van der Waals surface area contributed by atoms with E-state index in [1.54, 1.807) is 23.1 Å². The van der Waals surface area contributed by atoms with Gasteiger partial charge in [0.25, 0.3) is 0 Å². The molecule has 4 nitrogen and oxygen atoms in total. The van der Waals surface area contributed by atoms with Crippen LogP contribution in [0.1, 0.15) is 43.4 Å². The number of carbonyl (C=O) groups is 2. The van der Waals surface area contributed by atoms with Gasteiger partial charge in [-0.05, 0) is 48.2 Å². The van der Waals surface area contributed by atoms with Crippen molar-refractivity contribution < 1.29 is 14.0 Å². The van der Waals surface area contributed by atoms with Crippen molar-refractivity contribution in [3.63, 3.8) is 0 Å². The van der Waals surface area contributed by atoms with Gasteiger partial charge in [-0.25, -0.2) is 4.39 Å². The third-order valence-electron chi connectivity index (χ3n) is 4.58. The van der Waals surface area contributed by atoms with Crippen LogP contribution in [0.25, 0.3) is 0 Å². The number of hydrogen-bond donors (Lipinski definition) is 1. The predicted molar refractivity (Wildman–Crippen MR) is 103 cm³/mol. The molecule has 2 amide bonds. The third-order valence-corrected chi connectivity index (χ3v) is 4.83. The molecule has 1 unspecified atom stereocenters. The second kappa shape index (κ2) is 8.53. The molecule has 0 heterocycles. The highest BCUT2D eigenvalue weighted by Gasteiger charge is 2.33. The molecule has 1 atom stereocenters. The van der Waals surface area contributed by atoms with Crippen molar-refractivity contribution in [2.75, 3.05) is 0 Å². The standard InChI is InChI=1S/C21H22ClFN2O2/c1-14(26)24-20(16-5-7-17(22)8-6-16)12-21(27)25(19-9-10-19)13-15-3-2-4-18(23)11-15/h2-8,11,19-20H,9-10,12-13H2,1H3,(H,24,26). The average Bonchev–Trinajstić information content (AvgIpc) is 3.44. The van der Waals surface area contributed by atoms with Crippen LogP contribution in [0.3, 0.4) is 0 Å². The van der Waals surface area contributed by atoms with Crippen LogP contribution in [0.5, 0.6) is 0 Å². The first-order chi connectivity index (χ1) is 12.9. The number of nitrogens with zero attached hydrogens (tertiary/aromatic N) is 1. The maximum Gasteiger partial charge on any atom is 0.225 e. The molecular weight excluding hydrogens is 367 g/mol. The summed E-state index contributed by atoms with van der Waals surface area (Å²) in [5.41, 5.74) is 1.59. The lowest BCUT2D eigenvalue weighted by molar-refractivity contribution is -0.133. The number of nitrogens with one attached hydrogen (secondary N) is 1. The van der Waals surface area contributed by atoms with Crippen molar-refractivity contribution in [3.05, 3.63) is 70.5 Å². The lowest BCUT2D eigenvalue weighted by atomic mass is 10.0. The normalized spacial score (nSPS) is 14.5. The van der Waals surface area contributed by atoms with E-state index in [0.29, 0.717) is 11.6 Å². The van der Waals surface area contributed by atoms with Gasteiger partial charge < -0.3 is 10.2 Å². The minimum Gasteiger partial charge on any atom is -0.349 e. The molecule has 0 aliphatic heterocycles. The van der Waals surface area contributed by atoms with Gasteiger partial charge in [-0.2, -0.15) is 0 Å². The number of amides is 2. The lowest BCUT2D eigenvalue weighted by Crippen LogP contribution is -2.37. The molecule has 1 aliphatic rings. The van der Waals surface area contributed by atoms with Gasteiger partial charge in [-0.15, -0.1) is 0 Å². The van der Waals surface area contributed by atoms with Crippen molar-refractivity contribution in [2.45, 2.75) is 44.8 Å². The molecule has 2 aromatic rings. The van der Waals surface area contributed by atoms with Gasteiger partial charge in [-0.3, -0.25) is 9.59 Å². The summed E-state index contributed by atoms with van der Waals surface area (Å²) < 4.78 is 13.5. The lowest BCUT2D eigenvalue weighted by Gasteiger charge is -2.26. The van der Waals surface area contributed by atoms with Crippen molar-refractivity contribution >= 4 is 23.4 Å². The highest BCUT2D eigenvalue weighted by molar-refractivity contribution is 6.30. The van der Waals surface area contributed by atoms with Gasteiger partial charge in [0.1, 0.15) is 5.82 Å². The molecule has 1 aliphatic carbocycles. The van der Waals surface area contributed by atoms with Crippen LogP contribution < -0.4 is 5.32 Å². The van der Waals surface area contributed by atoms with Crippen LogP contribution >= 0.6 is 11.6 Å². The Kier molecular flexibility index (Phi) is 6.11. The van der Waals surface area contributed by atoms with E-state index in [1.807, 2.05) is 18.2 Å². The summed E-state index contributed by atoms with van der Waals surface area (Å²) in [7, 11) is 0. The van der Waals surface area contributed by atoms with Gasteiger partial charge in [0.15, 0.2) is 0 Å².